The summed E-state index contributed by atoms with van der Waals surface area (Å²) < 4.78 is 26.8. The molecule has 1 unspecified atom stereocenters. The number of nitrogens with zero attached hydrogens (tertiary/aromatic N) is 2. The van der Waals surface area contributed by atoms with Crippen molar-refractivity contribution in [2.45, 2.75) is 63.3 Å². The number of rotatable bonds is 6. The lowest BCUT2D eigenvalue weighted by atomic mass is 9.82. The molecule has 180 valence electrons. The predicted octanol–water partition coefficient (Wildman–Crippen LogP) is 3.12. The van der Waals surface area contributed by atoms with E-state index in [9.17, 15) is 18.4 Å². The number of nitrogens with one attached hydrogen (secondary N) is 1. The number of benzene rings is 1. The second kappa shape index (κ2) is 8.53. The van der Waals surface area contributed by atoms with E-state index < -0.39 is 5.92 Å². The van der Waals surface area contributed by atoms with E-state index in [-0.39, 0.29) is 42.5 Å². The normalized spacial score (nSPS) is 26.2. The summed E-state index contributed by atoms with van der Waals surface area (Å²) in [5.74, 6) is -2.34. The van der Waals surface area contributed by atoms with Crippen LogP contribution in [0.25, 0.3) is 0 Å². The topological polar surface area (TPSA) is 78.7 Å². The molecule has 1 spiro atoms. The standard InChI is InChI=1S/C25H34F2N4O2/c26-25(27)7-5-24(6-8-25)14-20(24)23(33)29-15-22(32)31-11-9-30(10-12-31)16-19-13-18(17-1-2-17)3-4-21(19)28/h3-4,13,17,20H,1-2,5-12,14-16,28H2,(H,29,33). The third-order valence-corrected chi connectivity index (χ3v) is 8.23. The summed E-state index contributed by atoms with van der Waals surface area (Å²) in [5.41, 5.74) is 9.30. The maximum Gasteiger partial charge on any atom is 0.248 e. The zero-order chi connectivity index (χ0) is 23.2. The van der Waals surface area contributed by atoms with Gasteiger partial charge in [0.2, 0.25) is 17.7 Å². The minimum Gasteiger partial charge on any atom is -0.398 e. The number of carbonyl (C=O) groups is 2. The Bertz CT molecular complexity index is 915. The molecule has 1 aliphatic heterocycles. The Morgan fingerprint density at radius 3 is 2.42 bits per heavy atom. The van der Waals surface area contributed by atoms with E-state index in [2.05, 4.69) is 22.3 Å². The van der Waals surface area contributed by atoms with Gasteiger partial charge in [-0.1, -0.05) is 12.1 Å². The number of anilines is 1. The summed E-state index contributed by atoms with van der Waals surface area (Å²) in [6.45, 7) is 3.56. The smallest absolute Gasteiger partial charge is 0.248 e. The first kappa shape index (κ1) is 22.6. The van der Waals surface area contributed by atoms with E-state index in [0.29, 0.717) is 38.3 Å². The number of halogens is 2. The van der Waals surface area contributed by atoms with Crippen LogP contribution in [0.5, 0.6) is 0 Å². The third kappa shape index (κ3) is 5.00. The molecule has 1 heterocycles. The summed E-state index contributed by atoms with van der Waals surface area (Å²) in [6, 6.07) is 6.38. The zero-order valence-corrected chi connectivity index (χ0v) is 19.1. The molecule has 1 atom stereocenters. The Balaban J connectivity index is 1.05. The van der Waals surface area contributed by atoms with Crippen molar-refractivity contribution in [3.05, 3.63) is 29.3 Å². The largest absolute Gasteiger partial charge is 0.398 e. The predicted molar refractivity (Wildman–Crippen MR) is 122 cm³/mol. The summed E-state index contributed by atoms with van der Waals surface area (Å²) in [6.07, 6.45) is 3.75. The molecule has 3 saturated carbocycles. The van der Waals surface area contributed by atoms with Crippen LogP contribution in [-0.2, 0) is 16.1 Å². The number of carbonyl (C=O) groups excluding carboxylic acids is 2. The molecule has 0 aromatic heterocycles. The molecule has 1 aromatic rings. The highest BCUT2D eigenvalue weighted by Gasteiger charge is 2.60. The highest BCUT2D eigenvalue weighted by Crippen LogP contribution is 2.63. The number of alkyl halides is 2. The first-order chi connectivity index (χ1) is 15.7. The maximum atomic E-state index is 13.4. The number of hydrogen-bond donors (Lipinski definition) is 2. The molecule has 1 aromatic carbocycles. The molecule has 3 aliphatic carbocycles. The molecular formula is C25H34F2N4O2. The summed E-state index contributed by atoms with van der Waals surface area (Å²) >= 11 is 0. The van der Waals surface area contributed by atoms with Crippen LogP contribution in [0.4, 0.5) is 14.5 Å². The Kier molecular flexibility index (Phi) is 5.83. The van der Waals surface area contributed by atoms with Gasteiger partial charge in [-0.2, -0.15) is 0 Å². The Hall–Kier alpha value is -2.22. The van der Waals surface area contributed by atoms with Gasteiger partial charge < -0.3 is 16.0 Å². The number of hydrogen-bond acceptors (Lipinski definition) is 4. The molecular weight excluding hydrogens is 426 g/mol. The van der Waals surface area contributed by atoms with Crippen molar-refractivity contribution in [2.24, 2.45) is 11.3 Å². The molecule has 33 heavy (non-hydrogen) atoms. The minimum absolute atomic E-state index is 0.0159. The maximum absolute atomic E-state index is 13.4. The summed E-state index contributed by atoms with van der Waals surface area (Å²) in [5, 5.41) is 2.77. The molecule has 1 saturated heterocycles. The fraction of sp³-hybridized carbons (Fsp3) is 0.680. The number of nitrogens with two attached hydrogens (primary N) is 1. The van der Waals surface area contributed by atoms with Gasteiger partial charge in [-0.15, -0.1) is 0 Å². The number of nitrogen functional groups attached to an aromatic ring is 1. The van der Waals surface area contributed by atoms with E-state index in [1.54, 1.807) is 4.90 Å². The molecule has 5 rings (SSSR count). The van der Waals surface area contributed by atoms with Crippen LogP contribution in [0.2, 0.25) is 0 Å². The van der Waals surface area contributed by atoms with Crippen LogP contribution < -0.4 is 11.1 Å². The van der Waals surface area contributed by atoms with Crippen molar-refractivity contribution in [2.75, 3.05) is 38.5 Å². The average Bonchev–Trinajstić information content (AvgIpc) is 3.72. The van der Waals surface area contributed by atoms with Gasteiger partial charge in [0.1, 0.15) is 0 Å². The van der Waals surface area contributed by atoms with Crippen molar-refractivity contribution in [3.8, 4) is 0 Å². The molecule has 4 aliphatic rings. The van der Waals surface area contributed by atoms with Crippen LogP contribution in [0.1, 0.15) is 62.0 Å². The van der Waals surface area contributed by atoms with E-state index >= 15 is 0 Å². The lowest BCUT2D eigenvalue weighted by Crippen LogP contribution is -2.51. The quantitative estimate of drug-likeness (QED) is 0.640. The Labute approximate surface area is 193 Å². The van der Waals surface area contributed by atoms with Crippen molar-refractivity contribution >= 4 is 17.5 Å². The van der Waals surface area contributed by atoms with E-state index in [4.69, 9.17) is 5.73 Å². The molecule has 4 fully saturated rings. The molecule has 8 heteroatoms. The van der Waals surface area contributed by atoms with Crippen molar-refractivity contribution < 1.29 is 18.4 Å². The molecule has 0 bridgehead atoms. The fourth-order valence-corrected chi connectivity index (χ4v) is 5.61. The van der Waals surface area contributed by atoms with E-state index in [0.717, 1.165) is 30.9 Å². The lowest BCUT2D eigenvalue weighted by molar-refractivity contribution is -0.135. The SMILES string of the molecule is Nc1ccc(C2CC2)cc1CN1CCN(C(=O)CNC(=O)C2CC23CCC(F)(F)CC3)CC1. The summed E-state index contributed by atoms with van der Waals surface area (Å²) in [7, 11) is 0. The monoisotopic (exact) mass is 460 g/mol. The van der Waals surface area contributed by atoms with Gasteiger partial charge in [0.15, 0.2) is 0 Å². The van der Waals surface area contributed by atoms with Crippen LogP contribution in [0.3, 0.4) is 0 Å². The molecule has 0 radical (unpaired) electrons. The number of piperazine rings is 1. The van der Waals surface area contributed by atoms with Gasteiger partial charge in [0.25, 0.3) is 0 Å². The van der Waals surface area contributed by atoms with Crippen molar-refractivity contribution in [1.82, 2.24) is 15.1 Å². The minimum atomic E-state index is -2.58. The molecule has 3 N–H and O–H groups in total. The highest BCUT2D eigenvalue weighted by molar-refractivity contribution is 5.88. The van der Waals surface area contributed by atoms with Gasteiger partial charge in [-0.25, -0.2) is 8.78 Å². The first-order valence-electron chi connectivity index (χ1n) is 12.3. The lowest BCUT2D eigenvalue weighted by Gasteiger charge is -2.35. The fourth-order valence-electron chi connectivity index (χ4n) is 5.61. The zero-order valence-electron chi connectivity index (χ0n) is 19.1. The van der Waals surface area contributed by atoms with E-state index in [1.807, 2.05) is 6.07 Å². The highest BCUT2D eigenvalue weighted by atomic mass is 19.3. The second-order valence-corrected chi connectivity index (χ2v) is 10.6. The van der Waals surface area contributed by atoms with Crippen LogP contribution in [-0.4, -0.2) is 60.3 Å². The van der Waals surface area contributed by atoms with E-state index in [1.165, 1.54) is 18.4 Å². The Morgan fingerprint density at radius 1 is 1.06 bits per heavy atom. The van der Waals surface area contributed by atoms with Gasteiger partial charge >= 0.3 is 0 Å². The van der Waals surface area contributed by atoms with Gasteiger partial charge in [-0.05, 0) is 60.6 Å². The van der Waals surface area contributed by atoms with Gasteiger partial charge in [-0.3, -0.25) is 14.5 Å². The second-order valence-electron chi connectivity index (χ2n) is 10.6. The average molecular weight is 461 g/mol. The summed E-state index contributed by atoms with van der Waals surface area (Å²) in [4.78, 5) is 29.2. The first-order valence-corrected chi connectivity index (χ1v) is 12.3. The van der Waals surface area contributed by atoms with Crippen LogP contribution in [0.15, 0.2) is 18.2 Å². The van der Waals surface area contributed by atoms with Crippen molar-refractivity contribution in [3.63, 3.8) is 0 Å². The van der Waals surface area contributed by atoms with Crippen molar-refractivity contribution in [1.29, 1.82) is 0 Å². The molecule has 6 nitrogen and oxygen atoms in total. The molecule has 2 amide bonds. The number of amides is 2. The Morgan fingerprint density at radius 2 is 1.76 bits per heavy atom. The van der Waals surface area contributed by atoms with Gasteiger partial charge in [0, 0.05) is 57.2 Å². The van der Waals surface area contributed by atoms with Crippen LogP contribution >= 0.6 is 0 Å². The van der Waals surface area contributed by atoms with Gasteiger partial charge in [0.05, 0.1) is 6.54 Å². The van der Waals surface area contributed by atoms with Crippen LogP contribution in [0, 0.1) is 11.3 Å². The third-order valence-electron chi connectivity index (χ3n) is 8.23.